The van der Waals surface area contributed by atoms with E-state index in [1.807, 2.05) is 13.8 Å². The highest BCUT2D eigenvalue weighted by Gasteiger charge is 2.10. The second kappa shape index (κ2) is 5.49. The van der Waals surface area contributed by atoms with E-state index in [0.717, 1.165) is 10.5 Å². The van der Waals surface area contributed by atoms with Crippen LogP contribution < -0.4 is 5.73 Å². The molecule has 3 rings (SSSR count). The number of nitrogen functional groups attached to an aromatic ring is 1. The topological polar surface area (TPSA) is 95.4 Å². The summed E-state index contributed by atoms with van der Waals surface area (Å²) in [6.07, 6.45) is 2.93. The first-order chi connectivity index (χ1) is 10.1. The normalized spacial score (nSPS) is 10.8. The van der Waals surface area contributed by atoms with Crippen LogP contribution in [-0.2, 0) is 0 Å². The predicted octanol–water partition coefficient (Wildman–Crippen LogP) is 1.80. The lowest BCUT2D eigenvalue weighted by Gasteiger charge is -2.07. The Hall–Kier alpha value is -2.48. The molecule has 0 aliphatic heterocycles. The van der Waals surface area contributed by atoms with E-state index in [1.165, 1.54) is 34.7 Å². The van der Waals surface area contributed by atoms with Crippen molar-refractivity contribution < 1.29 is 0 Å². The summed E-state index contributed by atoms with van der Waals surface area (Å²) in [5, 5.41) is 4.52. The van der Waals surface area contributed by atoms with Crippen molar-refractivity contribution in [1.29, 1.82) is 0 Å². The predicted molar refractivity (Wildman–Crippen MR) is 79.2 cm³/mol. The minimum Gasteiger partial charge on any atom is -0.368 e. The Bertz CT molecular complexity index is 770. The zero-order chi connectivity index (χ0) is 14.8. The van der Waals surface area contributed by atoms with E-state index < -0.39 is 0 Å². The number of aromatic nitrogens is 6. The summed E-state index contributed by atoms with van der Waals surface area (Å²) in [6.45, 7) is 4.09. The Morgan fingerprint density at radius 1 is 1.14 bits per heavy atom. The Balaban J connectivity index is 1.97. The molecule has 0 unspecified atom stereocenters. The van der Waals surface area contributed by atoms with Gasteiger partial charge in [0.25, 0.3) is 5.95 Å². The molecule has 21 heavy (non-hydrogen) atoms. The van der Waals surface area contributed by atoms with Gasteiger partial charge in [-0.05, 0) is 42.8 Å². The lowest BCUT2D eigenvalue weighted by Crippen LogP contribution is -2.07. The Morgan fingerprint density at radius 2 is 2.00 bits per heavy atom. The van der Waals surface area contributed by atoms with E-state index in [4.69, 9.17) is 5.73 Å². The van der Waals surface area contributed by atoms with Crippen molar-refractivity contribution >= 4 is 17.7 Å². The van der Waals surface area contributed by atoms with Crippen LogP contribution >= 0.6 is 11.8 Å². The van der Waals surface area contributed by atoms with Crippen molar-refractivity contribution in [2.75, 3.05) is 5.73 Å². The summed E-state index contributed by atoms with van der Waals surface area (Å²) in [7, 11) is 0. The summed E-state index contributed by atoms with van der Waals surface area (Å²) >= 11 is 1.45. The Morgan fingerprint density at radius 3 is 2.76 bits per heavy atom. The van der Waals surface area contributed by atoms with Gasteiger partial charge in [0.2, 0.25) is 5.95 Å². The van der Waals surface area contributed by atoms with E-state index in [1.54, 1.807) is 0 Å². The van der Waals surface area contributed by atoms with Gasteiger partial charge in [0.15, 0.2) is 5.16 Å². The van der Waals surface area contributed by atoms with Gasteiger partial charge < -0.3 is 5.73 Å². The highest BCUT2D eigenvalue weighted by Crippen LogP contribution is 2.29. The van der Waals surface area contributed by atoms with Crippen molar-refractivity contribution in [3.63, 3.8) is 0 Å². The van der Waals surface area contributed by atoms with Gasteiger partial charge in [-0.25, -0.2) is 4.98 Å². The fourth-order valence-electron chi connectivity index (χ4n) is 1.74. The molecule has 0 saturated heterocycles. The van der Waals surface area contributed by atoms with Crippen LogP contribution in [0.5, 0.6) is 0 Å². The maximum atomic E-state index is 5.75. The molecule has 1 aromatic carbocycles. The fourth-order valence-corrected chi connectivity index (χ4v) is 2.67. The Kier molecular flexibility index (Phi) is 3.53. The molecule has 8 heteroatoms. The molecule has 0 atom stereocenters. The number of anilines is 1. The minimum absolute atomic E-state index is 0.156. The lowest BCUT2D eigenvalue weighted by molar-refractivity contribution is 0.763. The summed E-state index contributed by atoms with van der Waals surface area (Å²) in [4.78, 5) is 17.6. The fraction of sp³-hybridized carbons (Fsp3) is 0.154. The Labute approximate surface area is 125 Å². The highest BCUT2D eigenvalue weighted by atomic mass is 32.2. The molecule has 2 aromatic heterocycles. The standard InChI is InChI=1S/C13H13N7S/c1-8-3-4-9(2)10(5-8)21-13-18-11(14)17-12(19-13)20-7-15-6-16-20/h3-7H,1-2H3,(H2,14,17,18,19). The largest absolute Gasteiger partial charge is 0.368 e. The zero-order valence-corrected chi connectivity index (χ0v) is 12.4. The van der Waals surface area contributed by atoms with Crippen LogP contribution in [0.15, 0.2) is 40.9 Å². The van der Waals surface area contributed by atoms with Gasteiger partial charge in [-0.1, -0.05) is 12.1 Å². The first kappa shape index (κ1) is 13.5. The molecule has 2 heterocycles. The van der Waals surface area contributed by atoms with Gasteiger partial charge >= 0.3 is 0 Å². The van der Waals surface area contributed by atoms with E-state index in [-0.39, 0.29) is 5.95 Å². The van der Waals surface area contributed by atoms with Gasteiger partial charge in [0.05, 0.1) is 0 Å². The van der Waals surface area contributed by atoms with E-state index in [9.17, 15) is 0 Å². The molecular weight excluding hydrogens is 286 g/mol. The van der Waals surface area contributed by atoms with Gasteiger partial charge in [-0.2, -0.15) is 24.7 Å². The number of nitrogens with two attached hydrogens (primary N) is 1. The average molecular weight is 299 g/mol. The van der Waals surface area contributed by atoms with Gasteiger partial charge in [-0.3, -0.25) is 0 Å². The van der Waals surface area contributed by atoms with Crippen LogP contribution in [0.25, 0.3) is 5.95 Å². The molecule has 2 N–H and O–H groups in total. The third kappa shape index (κ3) is 3.00. The second-order valence-corrected chi connectivity index (χ2v) is 5.50. The molecule has 3 aromatic rings. The summed E-state index contributed by atoms with van der Waals surface area (Å²) in [5.41, 5.74) is 8.09. The number of benzene rings is 1. The maximum absolute atomic E-state index is 5.75. The molecule has 7 nitrogen and oxygen atoms in total. The number of aryl methyl sites for hydroxylation is 2. The number of hydrogen-bond acceptors (Lipinski definition) is 7. The third-order valence-electron chi connectivity index (χ3n) is 2.79. The van der Waals surface area contributed by atoms with Crippen molar-refractivity contribution in [2.45, 2.75) is 23.9 Å². The molecule has 0 spiro atoms. The van der Waals surface area contributed by atoms with Crippen molar-refractivity contribution in [3.8, 4) is 5.95 Å². The summed E-state index contributed by atoms with van der Waals surface area (Å²) in [5.74, 6) is 0.510. The molecule has 0 aliphatic rings. The van der Waals surface area contributed by atoms with Crippen LogP contribution in [0.2, 0.25) is 0 Å². The smallest absolute Gasteiger partial charge is 0.257 e. The minimum atomic E-state index is 0.156. The lowest BCUT2D eigenvalue weighted by atomic mass is 10.2. The first-order valence-corrected chi connectivity index (χ1v) is 7.05. The third-order valence-corrected chi connectivity index (χ3v) is 3.81. The van der Waals surface area contributed by atoms with Crippen LogP contribution in [0.1, 0.15) is 11.1 Å². The average Bonchev–Trinajstić information content (AvgIpc) is 2.96. The monoisotopic (exact) mass is 299 g/mol. The number of nitrogens with zero attached hydrogens (tertiary/aromatic N) is 6. The van der Waals surface area contributed by atoms with Gasteiger partial charge in [-0.15, -0.1) is 0 Å². The summed E-state index contributed by atoms with van der Waals surface area (Å²) < 4.78 is 1.45. The second-order valence-electron chi connectivity index (χ2n) is 4.49. The highest BCUT2D eigenvalue weighted by molar-refractivity contribution is 7.99. The number of rotatable bonds is 3. The van der Waals surface area contributed by atoms with Crippen LogP contribution in [0, 0.1) is 13.8 Å². The molecule has 0 fully saturated rings. The van der Waals surface area contributed by atoms with Gasteiger partial charge in [0, 0.05) is 4.90 Å². The SMILES string of the molecule is Cc1ccc(C)c(Sc2nc(N)nc(-n3cncn3)n2)c1. The molecule has 0 saturated carbocycles. The van der Waals surface area contributed by atoms with Crippen molar-refractivity contribution in [1.82, 2.24) is 29.7 Å². The van der Waals surface area contributed by atoms with E-state index in [0.29, 0.717) is 11.1 Å². The maximum Gasteiger partial charge on any atom is 0.257 e. The van der Waals surface area contributed by atoms with Crippen LogP contribution in [0.4, 0.5) is 5.95 Å². The molecule has 0 radical (unpaired) electrons. The van der Waals surface area contributed by atoms with Crippen LogP contribution in [-0.4, -0.2) is 29.7 Å². The molecule has 0 bridgehead atoms. The van der Waals surface area contributed by atoms with Crippen molar-refractivity contribution in [3.05, 3.63) is 42.0 Å². The molecule has 0 amide bonds. The molecule has 106 valence electrons. The van der Waals surface area contributed by atoms with E-state index in [2.05, 4.69) is 43.2 Å². The quantitative estimate of drug-likeness (QED) is 0.787. The molecule has 0 aliphatic carbocycles. The zero-order valence-electron chi connectivity index (χ0n) is 11.6. The van der Waals surface area contributed by atoms with Crippen LogP contribution in [0.3, 0.4) is 0 Å². The van der Waals surface area contributed by atoms with Gasteiger partial charge in [0.1, 0.15) is 12.7 Å². The first-order valence-electron chi connectivity index (χ1n) is 6.23. The number of hydrogen-bond donors (Lipinski definition) is 1. The molecular formula is C13H13N7S. The van der Waals surface area contributed by atoms with E-state index >= 15 is 0 Å². The van der Waals surface area contributed by atoms with Crippen molar-refractivity contribution in [2.24, 2.45) is 0 Å². The summed E-state index contributed by atoms with van der Waals surface area (Å²) in [6, 6.07) is 6.23.